The van der Waals surface area contributed by atoms with E-state index < -0.39 is 0 Å². The Bertz CT molecular complexity index is 380. The molecule has 5 nitrogen and oxygen atoms in total. The first-order valence-electron chi connectivity index (χ1n) is 5.36. The van der Waals surface area contributed by atoms with Gasteiger partial charge in [-0.1, -0.05) is 0 Å². The number of rotatable bonds is 2. The number of nitrogens with zero attached hydrogens (tertiary/aromatic N) is 3. The lowest BCUT2D eigenvalue weighted by atomic mass is 10.1. The average molecular weight is 221 g/mol. The van der Waals surface area contributed by atoms with Crippen molar-refractivity contribution in [3.05, 3.63) is 24.3 Å². The van der Waals surface area contributed by atoms with Gasteiger partial charge >= 0.3 is 6.09 Å². The maximum Gasteiger partial charge on any atom is 0.411 e. The van der Waals surface area contributed by atoms with E-state index in [0.717, 1.165) is 0 Å². The SMILES string of the molecule is CC(C)N1C(=O)O[C@H](c2cnccn2)[C@@H]1C. The van der Waals surface area contributed by atoms with Gasteiger partial charge < -0.3 is 4.74 Å². The van der Waals surface area contributed by atoms with Gasteiger partial charge in [0.1, 0.15) is 5.69 Å². The van der Waals surface area contributed by atoms with Crippen molar-refractivity contribution in [1.29, 1.82) is 0 Å². The quantitative estimate of drug-likeness (QED) is 0.763. The van der Waals surface area contributed by atoms with Crippen molar-refractivity contribution in [2.24, 2.45) is 0 Å². The van der Waals surface area contributed by atoms with Crippen molar-refractivity contribution >= 4 is 6.09 Å². The van der Waals surface area contributed by atoms with Gasteiger partial charge in [-0.05, 0) is 20.8 Å². The molecule has 0 aliphatic carbocycles. The zero-order valence-corrected chi connectivity index (χ0v) is 9.62. The number of hydrogen-bond donors (Lipinski definition) is 0. The molecular formula is C11H15N3O2. The molecule has 1 fully saturated rings. The van der Waals surface area contributed by atoms with E-state index in [1.807, 2.05) is 20.8 Å². The van der Waals surface area contributed by atoms with Gasteiger partial charge in [0.2, 0.25) is 0 Å². The molecule has 0 unspecified atom stereocenters. The Hall–Kier alpha value is -1.65. The molecule has 16 heavy (non-hydrogen) atoms. The summed E-state index contributed by atoms with van der Waals surface area (Å²) >= 11 is 0. The first-order valence-corrected chi connectivity index (χ1v) is 5.36. The van der Waals surface area contributed by atoms with E-state index in [-0.39, 0.29) is 24.3 Å². The normalized spacial score (nSPS) is 25.0. The van der Waals surface area contributed by atoms with Crippen molar-refractivity contribution in [2.45, 2.75) is 39.0 Å². The molecule has 1 aromatic heterocycles. The van der Waals surface area contributed by atoms with Crippen LogP contribution in [-0.4, -0.2) is 33.0 Å². The summed E-state index contributed by atoms with van der Waals surface area (Å²) in [6, 6.07) is 0.119. The third-order valence-electron chi connectivity index (χ3n) is 2.75. The van der Waals surface area contributed by atoms with Gasteiger partial charge in [0.05, 0.1) is 12.2 Å². The monoisotopic (exact) mass is 221 g/mol. The van der Waals surface area contributed by atoms with Crippen LogP contribution in [0, 0.1) is 0 Å². The zero-order valence-electron chi connectivity index (χ0n) is 9.62. The Kier molecular flexibility index (Phi) is 2.77. The van der Waals surface area contributed by atoms with Crippen LogP contribution in [0.1, 0.15) is 32.6 Å². The fourth-order valence-electron chi connectivity index (χ4n) is 2.03. The maximum absolute atomic E-state index is 11.7. The summed E-state index contributed by atoms with van der Waals surface area (Å²) in [4.78, 5) is 21.5. The molecule has 1 aliphatic heterocycles. The van der Waals surface area contributed by atoms with Crippen LogP contribution >= 0.6 is 0 Å². The first-order chi connectivity index (χ1) is 7.61. The minimum Gasteiger partial charge on any atom is -0.437 e. The summed E-state index contributed by atoms with van der Waals surface area (Å²) in [5, 5.41) is 0. The van der Waals surface area contributed by atoms with Crippen LogP contribution in [0.3, 0.4) is 0 Å². The summed E-state index contributed by atoms with van der Waals surface area (Å²) in [7, 11) is 0. The van der Waals surface area contributed by atoms with Crippen LogP contribution in [-0.2, 0) is 4.74 Å². The molecule has 2 heterocycles. The lowest BCUT2D eigenvalue weighted by Gasteiger charge is -2.23. The highest BCUT2D eigenvalue weighted by Gasteiger charge is 2.41. The van der Waals surface area contributed by atoms with Crippen LogP contribution in [0.5, 0.6) is 0 Å². The molecule has 0 bridgehead atoms. The zero-order chi connectivity index (χ0) is 11.7. The van der Waals surface area contributed by atoms with E-state index in [1.165, 1.54) is 0 Å². The summed E-state index contributed by atoms with van der Waals surface area (Å²) in [6.45, 7) is 5.90. The molecule has 1 aliphatic rings. The molecular weight excluding hydrogens is 206 g/mol. The van der Waals surface area contributed by atoms with E-state index in [0.29, 0.717) is 5.69 Å². The molecule has 2 atom stereocenters. The van der Waals surface area contributed by atoms with E-state index in [9.17, 15) is 4.79 Å². The topological polar surface area (TPSA) is 55.3 Å². The predicted octanol–water partition coefficient (Wildman–Crippen LogP) is 1.77. The van der Waals surface area contributed by atoms with Crippen LogP contribution in [0.15, 0.2) is 18.6 Å². The third-order valence-corrected chi connectivity index (χ3v) is 2.75. The highest BCUT2D eigenvalue weighted by molar-refractivity contribution is 5.71. The van der Waals surface area contributed by atoms with Crippen LogP contribution in [0.25, 0.3) is 0 Å². The van der Waals surface area contributed by atoms with Crippen molar-refractivity contribution in [3.8, 4) is 0 Å². The van der Waals surface area contributed by atoms with Gasteiger partial charge in [-0.15, -0.1) is 0 Å². The second kappa shape index (κ2) is 4.08. The molecule has 5 heteroatoms. The lowest BCUT2D eigenvalue weighted by Crippen LogP contribution is -2.37. The van der Waals surface area contributed by atoms with Gasteiger partial charge in [-0.2, -0.15) is 0 Å². The Morgan fingerprint density at radius 3 is 2.69 bits per heavy atom. The van der Waals surface area contributed by atoms with Gasteiger partial charge in [-0.25, -0.2) is 4.79 Å². The molecule has 86 valence electrons. The fourth-order valence-corrected chi connectivity index (χ4v) is 2.03. The molecule has 0 spiro atoms. The van der Waals surface area contributed by atoms with E-state index >= 15 is 0 Å². The molecule has 0 N–H and O–H groups in total. The largest absolute Gasteiger partial charge is 0.437 e. The van der Waals surface area contributed by atoms with Gasteiger partial charge in [0.15, 0.2) is 6.10 Å². The van der Waals surface area contributed by atoms with Crippen molar-refractivity contribution in [1.82, 2.24) is 14.9 Å². The third kappa shape index (κ3) is 1.73. The molecule has 0 aromatic carbocycles. The predicted molar refractivity (Wildman–Crippen MR) is 57.7 cm³/mol. The smallest absolute Gasteiger partial charge is 0.411 e. The van der Waals surface area contributed by atoms with E-state index in [4.69, 9.17) is 4.74 Å². The number of hydrogen-bond acceptors (Lipinski definition) is 4. The Morgan fingerprint density at radius 1 is 1.44 bits per heavy atom. The highest BCUT2D eigenvalue weighted by Crippen LogP contribution is 2.31. The van der Waals surface area contributed by atoms with Crippen LogP contribution < -0.4 is 0 Å². The average Bonchev–Trinajstić information content (AvgIpc) is 2.55. The first kappa shape index (κ1) is 10.9. The fraction of sp³-hybridized carbons (Fsp3) is 0.545. The number of carbonyl (C=O) groups is 1. The van der Waals surface area contributed by atoms with E-state index in [1.54, 1.807) is 23.5 Å². The summed E-state index contributed by atoms with van der Waals surface area (Å²) < 4.78 is 5.32. The second-order valence-corrected chi connectivity index (χ2v) is 4.18. The van der Waals surface area contributed by atoms with Gasteiger partial charge in [-0.3, -0.25) is 14.9 Å². The lowest BCUT2D eigenvalue weighted by molar-refractivity contribution is 0.127. The Morgan fingerprint density at radius 2 is 2.19 bits per heavy atom. The number of cyclic esters (lactones) is 1. The summed E-state index contributed by atoms with van der Waals surface area (Å²) in [5.41, 5.74) is 0.700. The Labute approximate surface area is 94.5 Å². The number of aromatic nitrogens is 2. The number of carbonyl (C=O) groups excluding carboxylic acids is 1. The van der Waals surface area contributed by atoms with Crippen molar-refractivity contribution in [3.63, 3.8) is 0 Å². The Balaban J connectivity index is 2.24. The summed E-state index contributed by atoms with van der Waals surface area (Å²) in [6.07, 6.45) is 4.25. The molecule has 1 saturated heterocycles. The number of amides is 1. The van der Waals surface area contributed by atoms with Crippen molar-refractivity contribution in [2.75, 3.05) is 0 Å². The van der Waals surface area contributed by atoms with Gasteiger partial charge in [0.25, 0.3) is 0 Å². The molecule has 0 saturated carbocycles. The highest BCUT2D eigenvalue weighted by atomic mass is 16.6. The van der Waals surface area contributed by atoms with Crippen LogP contribution in [0.2, 0.25) is 0 Å². The molecule has 2 rings (SSSR count). The maximum atomic E-state index is 11.7. The number of ether oxygens (including phenoxy) is 1. The molecule has 0 radical (unpaired) electrons. The minimum absolute atomic E-state index is 0.0100. The summed E-state index contributed by atoms with van der Waals surface area (Å²) in [5.74, 6) is 0. The molecule has 1 amide bonds. The van der Waals surface area contributed by atoms with Gasteiger partial charge in [0, 0.05) is 18.4 Å². The van der Waals surface area contributed by atoms with Crippen molar-refractivity contribution < 1.29 is 9.53 Å². The second-order valence-electron chi connectivity index (χ2n) is 4.18. The van der Waals surface area contributed by atoms with E-state index in [2.05, 4.69) is 9.97 Å². The standard InChI is InChI=1S/C11H15N3O2/c1-7(2)14-8(3)10(16-11(14)15)9-6-12-4-5-13-9/h4-8,10H,1-3H3/t8-,10-/m0/s1. The molecule has 1 aromatic rings. The minimum atomic E-state index is -0.316. The van der Waals surface area contributed by atoms with Crippen LogP contribution in [0.4, 0.5) is 4.79 Å².